The molecule has 130 valence electrons. The van der Waals surface area contributed by atoms with Gasteiger partial charge in [-0.3, -0.25) is 9.78 Å². The molecular weight excluding hydrogens is 318 g/mol. The van der Waals surface area contributed by atoms with Crippen LogP contribution in [0, 0.1) is 0 Å². The van der Waals surface area contributed by atoms with E-state index < -0.39 is 0 Å². The fraction of sp³-hybridized carbons (Fsp3) is 0.278. The van der Waals surface area contributed by atoms with Crippen molar-refractivity contribution in [3.05, 3.63) is 59.9 Å². The van der Waals surface area contributed by atoms with E-state index in [9.17, 15) is 4.79 Å². The molecule has 1 aliphatic rings. The van der Waals surface area contributed by atoms with Gasteiger partial charge in [0.05, 0.1) is 18.9 Å². The van der Waals surface area contributed by atoms with Crippen LogP contribution in [-0.4, -0.2) is 29.8 Å². The quantitative estimate of drug-likeness (QED) is 0.549. The fourth-order valence-corrected chi connectivity index (χ4v) is 2.69. The summed E-state index contributed by atoms with van der Waals surface area (Å²) in [7, 11) is 0. The maximum Gasteiger partial charge on any atom is 0.258 e. The maximum atomic E-state index is 12.2. The number of rotatable bonds is 6. The number of para-hydroxylation sites is 1. The van der Waals surface area contributed by atoms with Crippen molar-refractivity contribution >= 4 is 12.1 Å². The van der Waals surface area contributed by atoms with E-state index in [1.165, 1.54) is 0 Å². The zero-order valence-electron chi connectivity index (χ0n) is 14.0. The molecule has 3 rings (SSSR count). The Labute approximate surface area is 146 Å². The summed E-state index contributed by atoms with van der Waals surface area (Å²) < 4.78 is 5.66. The van der Waals surface area contributed by atoms with E-state index >= 15 is 0 Å². The molecule has 7 heteroatoms. The normalized spacial score (nSPS) is 19.9. The monoisotopic (exact) mass is 339 g/mol. The highest BCUT2D eigenvalue weighted by Crippen LogP contribution is 2.30. The summed E-state index contributed by atoms with van der Waals surface area (Å²) in [5.41, 5.74) is 10.6. The summed E-state index contributed by atoms with van der Waals surface area (Å²) in [6.45, 7) is 2.55. The van der Waals surface area contributed by atoms with Gasteiger partial charge in [-0.05, 0) is 25.5 Å². The number of ether oxygens (including phenoxy) is 1. The minimum Gasteiger partial charge on any atom is -0.494 e. The SMILES string of the molecule is CCOc1ccccc1C1CC(C(=O)N/N=C/c2cccnc2)NN1. The third kappa shape index (κ3) is 4.40. The molecule has 1 fully saturated rings. The second-order valence-electron chi connectivity index (χ2n) is 5.62. The third-order valence-electron chi connectivity index (χ3n) is 3.89. The van der Waals surface area contributed by atoms with Crippen LogP contribution in [0.2, 0.25) is 0 Å². The second-order valence-corrected chi connectivity index (χ2v) is 5.62. The van der Waals surface area contributed by atoms with Crippen LogP contribution in [0.5, 0.6) is 5.75 Å². The number of nitrogens with one attached hydrogen (secondary N) is 3. The Morgan fingerprint density at radius 2 is 2.24 bits per heavy atom. The van der Waals surface area contributed by atoms with Gasteiger partial charge in [0.2, 0.25) is 0 Å². The van der Waals surface area contributed by atoms with Crippen molar-refractivity contribution in [2.45, 2.75) is 25.4 Å². The lowest BCUT2D eigenvalue weighted by Gasteiger charge is -2.15. The lowest BCUT2D eigenvalue weighted by atomic mass is 10.0. The zero-order valence-corrected chi connectivity index (χ0v) is 14.0. The van der Waals surface area contributed by atoms with Crippen LogP contribution in [0.4, 0.5) is 0 Å². The average Bonchev–Trinajstić information content (AvgIpc) is 3.13. The number of nitrogens with zero attached hydrogens (tertiary/aromatic N) is 2. The zero-order chi connectivity index (χ0) is 17.5. The summed E-state index contributed by atoms with van der Waals surface area (Å²) in [5.74, 6) is 0.643. The summed E-state index contributed by atoms with van der Waals surface area (Å²) >= 11 is 0. The fourth-order valence-electron chi connectivity index (χ4n) is 2.69. The van der Waals surface area contributed by atoms with Crippen molar-refractivity contribution in [2.24, 2.45) is 5.10 Å². The lowest BCUT2D eigenvalue weighted by molar-refractivity contribution is -0.122. The van der Waals surface area contributed by atoms with Crippen LogP contribution in [0.1, 0.15) is 30.5 Å². The standard InChI is InChI=1S/C18H21N5O2/c1-2-25-17-8-4-3-7-14(17)15-10-16(22-21-15)18(24)23-20-12-13-6-5-9-19-11-13/h3-9,11-12,15-16,21-22H,2,10H2,1H3,(H,23,24)/b20-12+. The van der Waals surface area contributed by atoms with Gasteiger partial charge in [-0.15, -0.1) is 0 Å². The van der Waals surface area contributed by atoms with Crippen molar-refractivity contribution in [2.75, 3.05) is 6.61 Å². The van der Waals surface area contributed by atoms with Gasteiger partial charge in [0.1, 0.15) is 11.8 Å². The van der Waals surface area contributed by atoms with E-state index in [0.29, 0.717) is 13.0 Å². The molecule has 1 aromatic carbocycles. The number of hydrazine groups is 1. The van der Waals surface area contributed by atoms with Crippen LogP contribution in [-0.2, 0) is 4.79 Å². The number of hydrogen-bond donors (Lipinski definition) is 3. The number of amides is 1. The molecule has 3 N–H and O–H groups in total. The smallest absolute Gasteiger partial charge is 0.258 e. The molecule has 2 unspecified atom stereocenters. The van der Waals surface area contributed by atoms with Crippen molar-refractivity contribution < 1.29 is 9.53 Å². The van der Waals surface area contributed by atoms with Gasteiger partial charge in [-0.25, -0.2) is 16.3 Å². The molecule has 1 aromatic heterocycles. The highest BCUT2D eigenvalue weighted by molar-refractivity contribution is 5.84. The first kappa shape index (κ1) is 17.1. The summed E-state index contributed by atoms with van der Waals surface area (Å²) in [5, 5.41) is 3.97. The van der Waals surface area contributed by atoms with Gasteiger partial charge < -0.3 is 4.74 Å². The minimum absolute atomic E-state index is 0.000743. The van der Waals surface area contributed by atoms with Crippen LogP contribution < -0.4 is 21.0 Å². The Hall–Kier alpha value is -2.77. The number of benzene rings is 1. The van der Waals surface area contributed by atoms with Gasteiger partial charge in [0.25, 0.3) is 5.91 Å². The Balaban J connectivity index is 1.57. The number of carbonyl (C=O) groups excluding carboxylic acids is 1. The van der Waals surface area contributed by atoms with E-state index in [-0.39, 0.29) is 18.0 Å². The molecule has 0 spiro atoms. The molecule has 7 nitrogen and oxygen atoms in total. The molecule has 1 aliphatic heterocycles. The van der Waals surface area contributed by atoms with Crippen LogP contribution >= 0.6 is 0 Å². The molecule has 2 atom stereocenters. The Morgan fingerprint density at radius 1 is 1.36 bits per heavy atom. The van der Waals surface area contributed by atoms with E-state index in [1.807, 2.05) is 43.3 Å². The van der Waals surface area contributed by atoms with Crippen LogP contribution in [0.25, 0.3) is 0 Å². The number of pyridine rings is 1. The first-order chi connectivity index (χ1) is 12.3. The average molecular weight is 339 g/mol. The summed E-state index contributed by atoms with van der Waals surface area (Å²) in [4.78, 5) is 16.2. The molecule has 0 saturated carbocycles. The van der Waals surface area contributed by atoms with Crippen LogP contribution in [0.15, 0.2) is 53.9 Å². The highest BCUT2D eigenvalue weighted by Gasteiger charge is 2.31. The Kier molecular flexibility index (Phi) is 5.71. The van der Waals surface area contributed by atoms with Crippen LogP contribution in [0.3, 0.4) is 0 Å². The van der Waals surface area contributed by atoms with E-state index in [4.69, 9.17) is 4.74 Å². The molecule has 1 saturated heterocycles. The number of carbonyl (C=O) groups is 1. The number of aromatic nitrogens is 1. The predicted molar refractivity (Wildman–Crippen MR) is 95.0 cm³/mol. The topological polar surface area (TPSA) is 87.6 Å². The molecule has 25 heavy (non-hydrogen) atoms. The first-order valence-electron chi connectivity index (χ1n) is 8.23. The molecular formula is C18H21N5O2. The molecule has 0 radical (unpaired) electrons. The summed E-state index contributed by atoms with van der Waals surface area (Å²) in [6.07, 6.45) is 5.53. The van der Waals surface area contributed by atoms with Gasteiger partial charge in [-0.1, -0.05) is 24.3 Å². The summed E-state index contributed by atoms with van der Waals surface area (Å²) in [6, 6.07) is 11.1. The predicted octanol–water partition coefficient (Wildman–Crippen LogP) is 1.54. The third-order valence-corrected chi connectivity index (χ3v) is 3.89. The van der Waals surface area contributed by atoms with Crippen molar-refractivity contribution in [3.8, 4) is 5.75 Å². The van der Waals surface area contributed by atoms with Crippen molar-refractivity contribution in [1.82, 2.24) is 21.3 Å². The van der Waals surface area contributed by atoms with E-state index in [0.717, 1.165) is 16.9 Å². The second kappa shape index (κ2) is 8.36. The van der Waals surface area contributed by atoms with E-state index in [2.05, 4.69) is 26.4 Å². The highest BCUT2D eigenvalue weighted by atomic mass is 16.5. The molecule has 0 bridgehead atoms. The molecule has 2 aromatic rings. The first-order valence-corrected chi connectivity index (χ1v) is 8.23. The number of hydrazone groups is 1. The largest absolute Gasteiger partial charge is 0.494 e. The van der Waals surface area contributed by atoms with Gasteiger partial charge >= 0.3 is 0 Å². The van der Waals surface area contributed by atoms with E-state index in [1.54, 1.807) is 18.6 Å². The molecule has 0 aliphatic carbocycles. The van der Waals surface area contributed by atoms with Crippen molar-refractivity contribution in [1.29, 1.82) is 0 Å². The van der Waals surface area contributed by atoms with Gasteiger partial charge in [-0.2, -0.15) is 5.10 Å². The van der Waals surface area contributed by atoms with Crippen molar-refractivity contribution in [3.63, 3.8) is 0 Å². The number of hydrogen-bond acceptors (Lipinski definition) is 6. The van der Waals surface area contributed by atoms with Gasteiger partial charge in [0.15, 0.2) is 0 Å². The Bertz CT molecular complexity index is 735. The maximum absolute atomic E-state index is 12.2. The Morgan fingerprint density at radius 3 is 3.04 bits per heavy atom. The minimum atomic E-state index is -0.370. The molecule has 2 heterocycles. The lowest BCUT2D eigenvalue weighted by Crippen LogP contribution is -2.41. The molecule has 1 amide bonds. The van der Waals surface area contributed by atoms with Gasteiger partial charge in [0, 0.05) is 23.5 Å².